The first-order chi connectivity index (χ1) is 9.13. The second-order valence-electron chi connectivity index (χ2n) is 4.40. The van der Waals surface area contributed by atoms with Crippen molar-refractivity contribution < 1.29 is 4.74 Å². The smallest absolute Gasteiger partial charge is 0.203 e. The molecule has 0 unspecified atom stereocenters. The quantitative estimate of drug-likeness (QED) is 0.668. The average molecular weight is 275 g/mol. The maximum Gasteiger partial charge on any atom is 0.203 e. The lowest BCUT2D eigenvalue weighted by Gasteiger charge is -2.08. The van der Waals surface area contributed by atoms with Crippen LogP contribution in [0.4, 0.5) is 5.13 Å². The molecule has 1 N–H and O–H groups in total. The number of thiazole rings is 1. The van der Waals surface area contributed by atoms with Crippen molar-refractivity contribution in [2.24, 2.45) is 5.10 Å². The molecule has 19 heavy (non-hydrogen) atoms. The summed E-state index contributed by atoms with van der Waals surface area (Å²) in [7, 11) is 0. The SMILES string of the molecule is Cc1csc(NN=Cc2ccc(OC(C)C)cc2)n1. The van der Waals surface area contributed by atoms with Crippen LogP contribution in [0.5, 0.6) is 5.75 Å². The third-order valence-electron chi connectivity index (χ3n) is 2.24. The summed E-state index contributed by atoms with van der Waals surface area (Å²) in [5.74, 6) is 0.871. The van der Waals surface area contributed by atoms with Gasteiger partial charge >= 0.3 is 0 Å². The van der Waals surface area contributed by atoms with Crippen LogP contribution in [0.15, 0.2) is 34.7 Å². The largest absolute Gasteiger partial charge is 0.491 e. The summed E-state index contributed by atoms with van der Waals surface area (Å²) in [5.41, 5.74) is 4.92. The molecular formula is C14H17N3OS. The molecule has 0 atom stereocenters. The Morgan fingerprint density at radius 3 is 2.63 bits per heavy atom. The first-order valence-electron chi connectivity index (χ1n) is 6.11. The molecule has 1 heterocycles. The number of rotatable bonds is 5. The van der Waals surface area contributed by atoms with E-state index in [-0.39, 0.29) is 6.10 Å². The third-order valence-corrected chi connectivity index (χ3v) is 3.11. The zero-order valence-electron chi connectivity index (χ0n) is 11.3. The predicted molar refractivity (Wildman–Crippen MR) is 80.3 cm³/mol. The molecule has 0 amide bonds. The van der Waals surface area contributed by atoms with Crippen LogP contribution in [0.2, 0.25) is 0 Å². The maximum absolute atomic E-state index is 5.58. The molecule has 4 nitrogen and oxygen atoms in total. The highest BCUT2D eigenvalue weighted by atomic mass is 32.1. The topological polar surface area (TPSA) is 46.5 Å². The number of ether oxygens (including phenoxy) is 1. The van der Waals surface area contributed by atoms with Gasteiger partial charge in [-0.25, -0.2) is 4.98 Å². The number of benzene rings is 1. The van der Waals surface area contributed by atoms with Crippen LogP contribution >= 0.6 is 11.3 Å². The van der Waals surface area contributed by atoms with Crippen LogP contribution in [0.3, 0.4) is 0 Å². The lowest BCUT2D eigenvalue weighted by molar-refractivity contribution is 0.242. The van der Waals surface area contributed by atoms with E-state index in [1.165, 1.54) is 11.3 Å². The molecule has 2 rings (SSSR count). The van der Waals surface area contributed by atoms with Gasteiger partial charge in [-0.15, -0.1) is 11.3 Å². The molecular weight excluding hydrogens is 258 g/mol. The van der Waals surface area contributed by atoms with E-state index in [4.69, 9.17) is 4.74 Å². The Hall–Kier alpha value is -1.88. The number of nitrogens with zero attached hydrogens (tertiary/aromatic N) is 2. The van der Waals surface area contributed by atoms with Crippen molar-refractivity contribution in [1.29, 1.82) is 0 Å². The first-order valence-corrected chi connectivity index (χ1v) is 6.99. The van der Waals surface area contributed by atoms with E-state index in [2.05, 4.69) is 15.5 Å². The monoisotopic (exact) mass is 275 g/mol. The molecule has 1 aromatic heterocycles. The molecule has 0 aliphatic carbocycles. The van der Waals surface area contributed by atoms with Crippen molar-refractivity contribution in [3.05, 3.63) is 40.9 Å². The lowest BCUT2D eigenvalue weighted by atomic mass is 10.2. The molecule has 0 spiro atoms. The Bertz CT molecular complexity index is 546. The zero-order chi connectivity index (χ0) is 13.7. The third kappa shape index (κ3) is 4.37. The lowest BCUT2D eigenvalue weighted by Crippen LogP contribution is -2.05. The van der Waals surface area contributed by atoms with Crippen LogP contribution in [-0.2, 0) is 0 Å². The Balaban J connectivity index is 1.92. The van der Waals surface area contributed by atoms with Gasteiger partial charge in [0.05, 0.1) is 18.0 Å². The Morgan fingerprint density at radius 1 is 1.32 bits per heavy atom. The molecule has 0 aliphatic heterocycles. The minimum atomic E-state index is 0.189. The van der Waals surface area contributed by atoms with Crippen molar-refractivity contribution in [3.8, 4) is 5.75 Å². The summed E-state index contributed by atoms with van der Waals surface area (Å²) < 4.78 is 5.58. The molecule has 1 aromatic carbocycles. The van der Waals surface area contributed by atoms with Gasteiger partial charge in [0, 0.05) is 5.38 Å². The number of aromatic nitrogens is 1. The highest BCUT2D eigenvalue weighted by Gasteiger charge is 1.97. The van der Waals surface area contributed by atoms with Gasteiger partial charge in [-0.05, 0) is 50.6 Å². The molecule has 0 saturated carbocycles. The number of hydrogen-bond donors (Lipinski definition) is 1. The standard InChI is InChI=1S/C14H17N3OS/c1-10(2)18-13-6-4-12(5-7-13)8-15-17-14-16-11(3)9-19-14/h4-10H,1-3H3,(H,16,17). The van der Waals surface area contributed by atoms with Crippen molar-refractivity contribution >= 4 is 22.7 Å². The van der Waals surface area contributed by atoms with Gasteiger partial charge in [-0.2, -0.15) is 5.10 Å². The Kier molecular flexibility index (Phi) is 4.52. The first kappa shape index (κ1) is 13.5. The fraction of sp³-hybridized carbons (Fsp3) is 0.286. The van der Waals surface area contributed by atoms with Crippen LogP contribution in [0.1, 0.15) is 25.1 Å². The van der Waals surface area contributed by atoms with Crippen molar-refractivity contribution in [1.82, 2.24) is 4.98 Å². The minimum absolute atomic E-state index is 0.189. The van der Waals surface area contributed by atoms with E-state index in [1.807, 2.05) is 50.4 Å². The molecule has 0 fully saturated rings. The van der Waals surface area contributed by atoms with E-state index in [1.54, 1.807) is 6.21 Å². The van der Waals surface area contributed by atoms with Crippen molar-refractivity contribution in [2.75, 3.05) is 5.43 Å². The number of nitrogens with one attached hydrogen (secondary N) is 1. The van der Waals surface area contributed by atoms with Crippen molar-refractivity contribution in [2.45, 2.75) is 26.9 Å². The van der Waals surface area contributed by atoms with Gasteiger partial charge in [0.25, 0.3) is 0 Å². The predicted octanol–water partition coefficient (Wildman–Crippen LogP) is 3.68. The van der Waals surface area contributed by atoms with E-state index in [9.17, 15) is 0 Å². The van der Waals surface area contributed by atoms with Gasteiger partial charge in [0.1, 0.15) is 5.75 Å². The summed E-state index contributed by atoms with van der Waals surface area (Å²) in [6, 6.07) is 7.82. The highest BCUT2D eigenvalue weighted by molar-refractivity contribution is 7.13. The van der Waals surface area contributed by atoms with Crippen LogP contribution in [-0.4, -0.2) is 17.3 Å². The number of anilines is 1. The number of hydrazone groups is 1. The maximum atomic E-state index is 5.58. The summed E-state index contributed by atoms with van der Waals surface area (Å²) in [6.07, 6.45) is 1.95. The van der Waals surface area contributed by atoms with Gasteiger partial charge in [-0.1, -0.05) is 0 Å². The van der Waals surface area contributed by atoms with E-state index in [0.29, 0.717) is 0 Å². The van der Waals surface area contributed by atoms with Crippen LogP contribution in [0, 0.1) is 6.92 Å². The molecule has 0 aliphatic rings. The summed E-state index contributed by atoms with van der Waals surface area (Å²) in [4.78, 5) is 4.26. The number of aryl methyl sites for hydroxylation is 1. The molecule has 0 bridgehead atoms. The second-order valence-corrected chi connectivity index (χ2v) is 5.26. The van der Waals surface area contributed by atoms with E-state index in [0.717, 1.165) is 22.1 Å². The van der Waals surface area contributed by atoms with Gasteiger partial charge in [0.15, 0.2) is 0 Å². The van der Waals surface area contributed by atoms with Crippen LogP contribution in [0.25, 0.3) is 0 Å². The molecule has 5 heteroatoms. The zero-order valence-corrected chi connectivity index (χ0v) is 12.1. The Morgan fingerprint density at radius 2 is 2.05 bits per heavy atom. The molecule has 2 aromatic rings. The van der Waals surface area contributed by atoms with E-state index < -0.39 is 0 Å². The van der Waals surface area contributed by atoms with Crippen molar-refractivity contribution in [3.63, 3.8) is 0 Å². The summed E-state index contributed by atoms with van der Waals surface area (Å²) in [5, 5.41) is 6.93. The van der Waals surface area contributed by atoms with Gasteiger partial charge in [-0.3, -0.25) is 5.43 Å². The van der Waals surface area contributed by atoms with Gasteiger partial charge in [0.2, 0.25) is 5.13 Å². The average Bonchev–Trinajstić information content (AvgIpc) is 2.77. The molecule has 0 saturated heterocycles. The normalized spacial score (nSPS) is 11.2. The van der Waals surface area contributed by atoms with E-state index >= 15 is 0 Å². The van der Waals surface area contributed by atoms with Crippen LogP contribution < -0.4 is 10.2 Å². The van der Waals surface area contributed by atoms with Gasteiger partial charge < -0.3 is 4.74 Å². The fourth-order valence-corrected chi connectivity index (χ4v) is 2.11. The Labute approximate surface area is 117 Å². The minimum Gasteiger partial charge on any atom is -0.491 e. The second kappa shape index (κ2) is 6.33. The fourth-order valence-electron chi connectivity index (χ4n) is 1.47. The summed E-state index contributed by atoms with van der Waals surface area (Å²) >= 11 is 1.54. The molecule has 0 radical (unpaired) electrons. The highest BCUT2D eigenvalue weighted by Crippen LogP contribution is 2.15. The molecule has 100 valence electrons. The number of hydrogen-bond acceptors (Lipinski definition) is 5. The summed E-state index contributed by atoms with van der Waals surface area (Å²) in [6.45, 7) is 5.98.